The van der Waals surface area contributed by atoms with E-state index in [1.54, 1.807) is 0 Å². The first-order valence-corrected chi connectivity index (χ1v) is 7.46. The summed E-state index contributed by atoms with van der Waals surface area (Å²) in [5.74, 6) is 1.68. The van der Waals surface area contributed by atoms with Gasteiger partial charge in [-0.05, 0) is 37.5 Å². The van der Waals surface area contributed by atoms with Crippen LogP contribution in [0.15, 0.2) is 12.2 Å². The first-order chi connectivity index (χ1) is 7.78. The smallest absolute Gasteiger partial charge is 0.0234 e. The van der Waals surface area contributed by atoms with Crippen molar-refractivity contribution in [3.05, 3.63) is 12.2 Å². The van der Waals surface area contributed by atoms with Crippen LogP contribution in [-0.4, -0.2) is 0 Å². The SMILES string of the molecule is CCCC(C=CC(CCC)CCC)CCC. The average molecular weight is 224 g/mol. The van der Waals surface area contributed by atoms with Crippen LogP contribution in [-0.2, 0) is 0 Å². The summed E-state index contributed by atoms with van der Waals surface area (Å²) >= 11 is 0. The quantitative estimate of drug-likeness (QED) is 0.401. The van der Waals surface area contributed by atoms with E-state index in [9.17, 15) is 0 Å². The van der Waals surface area contributed by atoms with Crippen molar-refractivity contribution in [1.82, 2.24) is 0 Å². The molecule has 0 aromatic heterocycles. The topological polar surface area (TPSA) is 0 Å². The highest BCUT2D eigenvalue weighted by Gasteiger charge is 2.05. The maximum absolute atomic E-state index is 2.52. The summed E-state index contributed by atoms with van der Waals surface area (Å²) in [4.78, 5) is 0. The molecule has 0 heterocycles. The Balaban J connectivity index is 4.12. The summed E-state index contributed by atoms with van der Waals surface area (Å²) in [6.45, 7) is 9.19. The highest BCUT2D eigenvalue weighted by Crippen LogP contribution is 2.20. The van der Waals surface area contributed by atoms with E-state index in [4.69, 9.17) is 0 Å². The molecule has 0 atom stereocenters. The zero-order chi connectivity index (χ0) is 12.2. The Morgan fingerprint density at radius 1 is 0.562 bits per heavy atom. The van der Waals surface area contributed by atoms with Crippen LogP contribution in [0.1, 0.15) is 79.1 Å². The van der Waals surface area contributed by atoms with Crippen LogP contribution < -0.4 is 0 Å². The van der Waals surface area contributed by atoms with Gasteiger partial charge in [0.15, 0.2) is 0 Å². The van der Waals surface area contributed by atoms with Gasteiger partial charge in [0.05, 0.1) is 0 Å². The van der Waals surface area contributed by atoms with E-state index >= 15 is 0 Å². The van der Waals surface area contributed by atoms with Crippen LogP contribution in [0.4, 0.5) is 0 Å². The molecule has 16 heavy (non-hydrogen) atoms. The molecule has 0 N–H and O–H groups in total. The summed E-state index contributed by atoms with van der Waals surface area (Å²) in [6, 6.07) is 0. The Bertz CT molecular complexity index is 127. The molecule has 0 radical (unpaired) electrons. The molecule has 0 aliphatic rings. The lowest BCUT2D eigenvalue weighted by Crippen LogP contribution is -1.99. The van der Waals surface area contributed by atoms with Crippen molar-refractivity contribution in [2.45, 2.75) is 79.1 Å². The molecule has 96 valence electrons. The fourth-order valence-corrected chi connectivity index (χ4v) is 2.47. The Kier molecular flexibility index (Phi) is 11.0. The first kappa shape index (κ1) is 15.7. The van der Waals surface area contributed by atoms with E-state index < -0.39 is 0 Å². The molecule has 0 fully saturated rings. The van der Waals surface area contributed by atoms with Gasteiger partial charge >= 0.3 is 0 Å². The minimum absolute atomic E-state index is 0.839. The van der Waals surface area contributed by atoms with Gasteiger partial charge in [0.25, 0.3) is 0 Å². The zero-order valence-corrected chi connectivity index (χ0v) is 12.0. The van der Waals surface area contributed by atoms with Gasteiger partial charge in [0.2, 0.25) is 0 Å². The molecule has 0 unspecified atom stereocenters. The predicted molar refractivity (Wildman–Crippen MR) is 75.8 cm³/mol. The number of rotatable bonds is 10. The summed E-state index contributed by atoms with van der Waals surface area (Å²) in [5.41, 5.74) is 0. The van der Waals surface area contributed by atoms with Gasteiger partial charge in [0, 0.05) is 0 Å². The monoisotopic (exact) mass is 224 g/mol. The minimum atomic E-state index is 0.839. The van der Waals surface area contributed by atoms with Crippen LogP contribution >= 0.6 is 0 Å². The highest BCUT2D eigenvalue weighted by molar-refractivity contribution is 4.92. The van der Waals surface area contributed by atoms with Crippen molar-refractivity contribution in [3.63, 3.8) is 0 Å². The van der Waals surface area contributed by atoms with Gasteiger partial charge in [-0.15, -0.1) is 0 Å². The summed E-state index contributed by atoms with van der Waals surface area (Å²) in [7, 11) is 0. The molecule has 0 aromatic rings. The molecule has 0 amide bonds. The van der Waals surface area contributed by atoms with Crippen molar-refractivity contribution in [1.29, 1.82) is 0 Å². The van der Waals surface area contributed by atoms with Gasteiger partial charge in [0.1, 0.15) is 0 Å². The van der Waals surface area contributed by atoms with E-state index in [1.807, 2.05) is 0 Å². The van der Waals surface area contributed by atoms with Crippen LogP contribution in [0.2, 0.25) is 0 Å². The van der Waals surface area contributed by atoms with Gasteiger partial charge in [-0.1, -0.05) is 65.5 Å². The van der Waals surface area contributed by atoms with Gasteiger partial charge < -0.3 is 0 Å². The van der Waals surface area contributed by atoms with Crippen molar-refractivity contribution in [3.8, 4) is 0 Å². The molecule has 0 aliphatic carbocycles. The van der Waals surface area contributed by atoms with Crippen molar-refractivity contribution >= 4 is 0 Å². The molecular formula is C16H32. The number of allylic oxidation sites excluding steroid dienone is 2. The predicted octanol–water partition coefficient (Wildman–Crippen LogP) is 5.98. The second kappa shape index (κ2) is 11.2. The molecule has 0 spiro atoms. The molecule has 0 rings (SSSR count). The van der Waals surface area contributed by atoms with Crippen molar-refractivity contribution in [2.24, 2.45) is 11.8 Å². The lowest BCUT2D eigenvalue weighted by atomic mass is 9.92. The van der Waals surface area contributed by atoms with Crippen LogP contribution in [0.3, 0.4) is 0 Å². The minimum Gasteiger partial charge on any atom is -0.0851 e. The van der Waals surface area contributed by atoms with E-state index in [-0.39, 0.29) is 0 Å². The van der Waals surface area contributed by atoms with Crippen LogP contribution in [0.25, 0.3) is 0 Å². The van der Waals surface area contributed by atoms with Crippen LogP contribution in [0, 0.1) is 11.8 Å². The van der Waals surface area contributed by atoms with Crippen molar-refractivity contribution < 1.29 is 0 Å². The third-order valence-corrected chi connectivity index (χ3v) is 3.29. The summed E-state index contributed by atoms with van der Waals surface area (Å²) in [6.07, 6.45) is 15.8. The second-order valence-electron chi connectivity index (χ2n) is 5.06. The lowest BCUT2D eigenvalue weighted by Gasteiger charge is -2.13. The molecule has 0 saturated heterocycles. The van der Waals surface area contributed by atoms with Crippen LogP contribution in [0.5, 0.6) is 0 Å². The van der Waals surface area contributed by atoms with Gasteiger partial charge in [-0.2, -0.15) is 0 Å². The summed E-state index contributed by atoms with van der Waals surface area (Å²) < 4.78 is 0. The second-order valence-corrected chi connectivity index (χ2v) is 5.06. The molecule has 0 heteroatoms. The lowest BCUT2D eigenvalue weighted by molar-refractivity contribution is 0.503. The first-order valence-electron chi connectivity index (χ1n) is 7.46. The van der Waals surface area contributed by atoms with E-state index in [0.29, 0.717) is 0 Å². The molecule has 0 aliphatic heterocycles. The third kappa shape index (κ3) is 7.96. The zero-order valence-electron chi connectivity index (χ0n) is 12.0. The third-order valence-electron chi connectivity index (χ3n) is 3.29. The molecular weight excluding hydrogens is 192 g/mol. The average Bonchev–Trinajstić information content (AvgIpc) is 2.27. The molecule has 0 bridgehead atoms. The maximum Gasteiger partial charge on any atom is -0.0234 e. The fourth-order valence-electron chi connectivity index (χ4n) is 2.47. The number of hydrogen-bond donors (Lipinski definition) is 0. The summed E-state index contributed by atoms with van der Waals surface area (Å²) in [5, 5.41) is 0. The van der Waals surface area contributed by atoms with Gasteiger partial charge in [-0.25, -0.2) is 0 Å². The van der Waals surface area contributed by atoms with E-state index in [2.05, 4.69) is 39.8 Å². The van der Waals surface area contributed by atoms with Gasteiger partial charge in [-0.3, -0.25) is 0 Å². The standard InChI is InChI=1S/C16H32/c1-5-9-15(10-6-2)13-14-16(11-7-3)12-8-4/h13-16H,5-12H2,1-4H3. The Morgan fingerprint density at radius 2 is 0.812 bits per heavy atom. The normalized spacial score (nSPS) is 12.1. The van der Waals surface area contributed by atoms with E-state index in [1.165, 1.54) is 51.4 Å². The molecule has 0 saturated carbocycles. The Hall–Kier alpha value is -0.260. The van der Waals surface area contributed by atoms with Crippen molar-refractivity contribution in [2.75, 3.05) is 0 Å². The number of hydrogen-bond acceptors (Lipinski definition) is 0. The highest BCUT2D eigenvalue weighted by atomic mass is 14.1. The Morgan fingerprint density at radius 3 is 1.00 bits per heavy atom. The largest absolute Gasteiger partial charge is 0.0851 e. The maximum atomic E-state index is 2.52. The fraction of sp³-hybridized carbons (Fsp3) is 0.875. The molecule has 0 aromatic carbocycles. The van der Waals surface area contributed by atoms with E-state index in [0.717, 1.165) is 11.8 Å². The molecule has 0 nitrogen and oxygen atoms in total. The Labute approximate surface area is 104 Å².